The molecule has 1 fully saturated rings. The van der Waals surface area contributed by atoms with E-state index in [9.17, 15) is 10.1 Å². The fourth-order valence-electron chi connectivity index (χ4n) is 3.48. The highest BCUT2D eigenvalue weighted by Crippen LogP contribution is 2.29. The number of amides is 1. The van der Waals surface area contributed by atoms with Gasteiger partial charge in [-0.15, -0.1) is 0 Å². The predicted molar refractivity (Wildman–Crippen MR) is 99.2 cm³/mol. The van der Waals surface area contributed by atoms with Crippen LogP contribution in [0.5, 0.6) is 5.75 Å². The number of ether oxygens (including phenoxy) is 1. The Morgan fingerprint density at radius 3 is 2.73 bits per heavy atom. The lowest BCUT2D eigenvalue weighted by Crippen LogP contribution is -2.46. The molecule has 0 radical (unpaired) electrons. The van der Waals surface area contributed by atoms with Gasteiger partial charge in [0, 0.05) is 32.7 Å². The van der Waals surface area contributed by atoms with Crippen LogP contribution >= 0.6 is 0 Å². The van der Waals surface area contributed by atoms with Crippen molar-refractivity contribution in [2.24, 2.45) is 0 Å². The van der Waals surface area contributed by atoms with Gasteiger partial charge in [-0.1, -0.05) is 18.2 Å². The second kappa shape index (κ2) is 7.06. The maximum absolute atomic E-state index is 11.5. The number of carbonyl (C=O) groups excluding carboxylic acids is 1. The molecule has 132 valence electrons. The highest BCUT2D eigenvalue weighted by atomic mass is 16.5. The molecule has 26 heavy (non-hydrogen) atoms. The summed E-state index contributed by atoms with van der Waals surface area (Å²) in [6.45, 7) is 4.56. The molecule has 1 saturated heterocycles. The third-order valence-electron chi connectivity index (χ3n) is 4.82. The molecule has 1 N–H and O–H groups in total. The Hall–Kier alpha value is -3.04. The molecule has 0 atom stereocenters. The summed E-state index contributed by atoms with van der Waals surface area (Å²) in [6.07, 6.45) is 0. The van der Waals surface area contributed by atoms with E-state index in [0.29, 0.717) is 0 Å². The van der Waals surface area contributed by atoms with Crippen molar-refractivity contribution in [3.63, 3.8) is 0 Å². The molecule has 1 amide bonds. The molecule has 2 aromatic carbocycles. The molecule has 0 spiro atoms. The van der Waals surface area contributed by atoms with E-state index in [-0.39, 0.29) is 12.5 Å². The predicted octanol–water partition coefficient (Wildman–Crippen LogP) is 2.21. The van der Waals surface area contributed by atoms with Gasteiger partial charge in [-0.25, -0.2) is 0 Å². The van der Waals surface area contributed by atoms with Crippen LogP contribution < -0.4 is 15.0 Å². The van der Waals surface area contributed by atoms with Crippen LogP contribution in [0.2, 0.25) is 0 Å². The van der Waals surface area contributed by atoms with E-state index in [2.05, 4.69) is 21.2 Å². The number of para-hydroxylation sites is 1. The average molecular weight is 348 g/mol. The van der Waals surface area contributed by atoms with Gasteiger partial charge in [-0.3, -0.25) is 9.69 Å². The van der Waals surface area contributed by atoms with E-state index < -0.39 is 0 Å². The molecule has 0 unspecified atom stereocenters. The van der Waals surface area contributed by atoms with Crippen LogP contribution in [0.25, 0.3) is 0 Å². The molecule has 4 rings (SSSR count). The normalized spacial score (nSPS) is 17.0. The minimum Gasteiger partial charge on any atom is -0.482 e. The quantitative estimate of drug-likeness (QED) is 0.921. The Labute approximate surface area is 152 Å². The van der Waals surface area contributed by atoms with Gasteiger partial charge in [0.2, 0.25) is 0 Å². The molecule has 2 aliphatic heterocycles. The van der Waals surface area contributed by atoms with Gasteiger partial charge in [0.15, 0.2) is 6.61 Å². The summed E-state index contributed by atoms with van der Waals surface area (Å²) in [5, 5.41) is 12.1. The van der Waals surface area contributed by atoms with Gasteiger partial charge in [0.1, 0.15) is 11.8 Å². The van der Waals surface area contributed by atoms with Crippen LogP contribution in [0, 0.1) is 11.3 Å². The topological polar surface area (TPSA) is 68.6 Å². The largest absolute Gasteiger partial charge is 0.482 e. The van der Waals surface area contributed by atoms with Crippen LogP contribution in [0.1, 0.15) is 11.1 Å². The van der Waals surface area contributed by atoms with E-state index in [0.717, 1.165) is 61.0 Å². The molecule has 0 bridgehead atoms. The number of hydrogen-bond acceptors (Lipinski definition) is 5. The summed E-state index contributed by atoms with van der Waals surface area (Å²) in [5.41, 5.74) is 3.65. The summed E-state index contributed by atoms with van der Waals surface area (Å²) in [7, 11) is 0. The molecule has 6 heteroatoms. The van der Waals surface area contributed by atoms with Crippen molar-refractivity contribution in [3.05, 3.63) is 53.6 Å². The van der Waals surface area contributed by atoms with E-state index in [1.165, 1.54) is 0 Å². The minimum absolute atomic E-state index is 0.0818. The smallest absolute Gasteiger partial charge is 0.262 e. The summed E-state index contributed by atoms with van der Waals surface area (Å²) in [5.74, 6) is 0.616. The molecule has 0 aliphatic carbocycles. The van der Waals surface area contributed by atoms with Crippen LogP contribution in [0.3, 0.4) is 0 Å². The lowest BCUT2D eigenvalue weighted by atomic mass is 10.1. The van der Waals surface area contributed by atoms with Gasteiger partial charge in [0.05, 0.1) is 16.9 Å². The minimum atomic E-state index is -0.112. The molecular formula is C20H20N4O2. The number of nitrogens with zero attached hydrogens (tertiary/aromatic N) is 3. The molecule has 2 aliphatic rings. The number of benzene rings is 2. The van der Waals surface area contributed by atoms with Crippen LogP contribution in [0.4, 0.5) is 11.4 Å². The van der Waals surface area contributed by atoms with Crippen LogP contribution in [-0.2, 0) is 11.3 Å². The lowest BCUT2D eigenvalue weighted by Gasteiger charge is -2.36. The Morgan fingerprint density at radius 2 is 1.92 bits per heavy atom. The molecule has 0 saturated carbocycles. The van der Waals surface area contributed by atoms with Gasteiger partial charge >= 0.3 is 0 Å². The van der Waals surface area contributed by atoms with Crippen LogP contribution in [-0.4, -0.2) is 43.6 Å². The first-order chi connectivity index (χ1) is 12.7. The summed E-state index contributed by atoms with van der Waals surface area (Å²) >= 11 is 0. The SMILES string of the molecule is N#Cc1ccccc1N1CCN(Cc2ccc3c(c2)NC(=O)CO3)CC1. The number of nitriles is 1. The standard InChI is InChI=1S/C20H20N4O2/c21-12-16-3-1-2-4-18(16)24-9-7-23(8-10-24)13-15-5-6-19-17(11-15)22-20(25)14-26-19/h1-6,11H,7-10,13-14H2,(H,22,25). The number of carbonyl (C=O) groups is 1. The lowest BCUT2D eigenvalue weighted by molar-refractivity contribution is -0.118. The summed E-state index contributed by atoms with van der Waals surface area (Å²) in [4.78, 5) is 16.1. The van der Waals surface area contributed by atoms with E-state index in [1.54, 1.807) is 0 Å². The highest BCUT2D eigenvalue weighted by Gasteiger charge is 2.20. The zero-order valence-corrected chi connectivity index (χ0v) is 14.4. The maximum Gasteiger partial charge on any atom is 0.262 e. The van der Waals surface area contributed by atoms with Gasteiger partial charge < -0.3 is 15.0 Å². The van der Waals surface area contributed by atoms with Crippen molar-refractivity contribution in [2.75, 3.05) is 43.0 Å². The van der Waals surface area contributed by atoms with E-state index >= 15 is 0 Å². The molecule has 6 nitrogen and oxygen atoms in total. The Balaban J connectivity index is 1.39. The summed E-state index contributed by atoms with van der Waals surface area (Å²) in [6, 6.07) is 16.0. The van der Waals surface area contributed by atoms with Crippen molar-refractivity contribution in [1.29, 1.82) is 5.26 Å². The van der Waals surface area contributed by atoms with Crippen LogP contribution in [0.15, 0.2) is 42.5 Å². The third-order valence-corrected chi connectivity index (χ3v) is 4.82. The zero-order chi connectivity index (χ0) is 17.9. The number of nitrogens with one attached hydrogen (secondary N) is 1. The van der Waals surface area contributed by atoms with Crippen molar-refractivity contribution in [3.8, 4) is 11.8 Å². The van der Waals surface area contributed by atoms with Gasteiger partial charge in [0.25, 0.3) is 5.91 Å². The van der Waals surface area contributed by atoms with Crippen molar-refractivity contribution in [1.82, 2.24) is 4.90 Å². The van der Waals surface area contributed by atoms with E-state index in [1.807, 2.05) is 42.5 Å². The second-order valence-corrected chi connectivity index (χ2v) is 6.56. The monoisotopic (exact) mass is 348 g/mol. The molecular weight excluding hydrogens is 328 g/mol. The van der Waals surface area contributed by atoms with Crippen molar-refractivity contribution >= 4 is 17.3 Å². The zero-order valence-electron chi connectivity index (χ0n) is 14.4. The van der Waals surface area contributed by atoms with Gasteiger partial charge in [-0.2, -0.15) is 5.26 Å². The molecule has 0 aromatic heterocycles. The third kappa shape index (κ3) is 3.35. The van der Waals surface area contributed by atoms with E-state index in [4.69, 9.17) is 4.74 Å². The second-order valence-electron chi connectivity index (χ2n) is 6.56. The number of fused-ring (bicyclic) bond motifs is 1. The van der Waals surface area contributed by atoms with Crippen molar-refractivity contribution < 1.29 is 9.53 Å². The highest BCUT2D eigenvalue weighted by molar-refractivity contribution is 5.95. The fourth-order valence-corrected chi connectivity index (χ4v) is 3.48. The Kier molecular flexibility index (Phi) is 4.46. The number of anilines is 2. The maximum atomic E-state index is 11.5. The Morgan fingerprint density at radius 1 is 1.12 bits per heavy atom. The first kappa shape index (κ1) is 16.4. The first-order valence-electron chi connectivity index (χ1n) is 8.75. The number of piperazine rings is 1. The average Bonchev–Trinajstić information content (AvgIpc) is 2.68. The first-order valence-corrected chi connectivity index (χ1v) is 8.75. The van der Waals surface area contributed by atoms with Gasteiger partial charge in [-0.05, 0) is 29.8 Å². The Bertz CT molecular complexity index is 866. The summed E-state index contributed by atoms with van der Waals surface area (Å²) < 4.78 is 5.41. The fraction of sp³-hybridized carbons (Fsp3) is 0.300. The number of rotatable bonds is 3. The molecule has 2 aromatic rings. The van der Waals surface area contributed by atoms with Crippen molar-refractivity contribution in [2.45, 2.75) is 6.54 Å². The molecule has 2 heterocycles. The number of hydrogen-bond donors (Lipinski definition) is 1.